The molecule has 0 spiro atoms. The van der Waals surface area contributed by atoms with Crippen molar-refractivity contribution in [2.24, 2.45) is 0 Å². The number of rotatable bonds is 5. The van der Waals surface area contributed by atoms with Crippen molar-refractivity contribution in [2.45, 2.75) is 0 Å². The van der Waals surface area contributed by atoms with Crippen LogP contribution in [0.2, 0.25) is 0 Å². The quantitative estimate of drug-likeness (QED) is 0.182. The van der Waals surface area contributed by atoms with Gasteiger partial charge in [-0.25, -0.2) is 0 Å². The second kappa shape index (κ2) is 11.8. The number of hydrogen-bond donors (Lipinski definition) is 0. The molecule has 0 unspecified atom stereocenters. The molecule has 0 radical (unpaired) electrons. The van der Waals surface area contributed by atoms with Crippen molar-refractivity contribution < 1.29 is 0 Å². The lowest BCUT2D eigenvalue weighted by molar-refractivity contribution is 1.61. The highest BCUT2D eigenvalue weighted by atomic mass is 14.2. The number of hydrogen-bond acceptors (Lipinski definition) is 0. The van der Waals surface area contributed by atoms with Crippen LogP contribution in [0.25, 0.3) is 88.0 Å². The molecule has 0 amide bonds. The number of benzene rings is 9. The Bertz CT molecular complexity index is 2580. The summed E-state index contributed by atoms with van der Waals surface area (Å²) >= 11 is 0. The van der Waals surface area contributed by atoms with E-state index in [1.165, 1.54) is 88.0 Å². The molecular weight excluding hydrogens is 577 g/mol. The molecule has 0 aliphatic carbocycles. The van der Waals surface area contributed by atoms with Gasteiger partial charge in [0.15, 0.2) is 0 Å². The Morgan fingerprint density at radius 3 is 1.00 bits per heavy atom. The molecule has 0 fully saturated rings. The fourth-order valence-electron chi connectivity index (χ4n) is 7.29. The lowest BCUT2D eigenvalue weighted by atomic mass is 9.89. The summed E-state index contributed by atoms with van der Waals surface area (Å²) in [4.78, 5) is 0. The molecule has 48 heavy (non-hydrogen) atoms. The molecule has 0 heterocycles. The first kappa shape index (κ1) is 28.0. The normalized spacial score (nSPS) is 11.3. The molecule has 0 saturated carbocycles. The first-order chi connectivity index (χ1) is 23.8. The van der Waals surface area contributed by atoms with Gasteiger partial charge in [-0.15, -0.1) is 0 Å². The zero-order valence-electron chi connectivity index (χ0n) is 26.5. The Hall–Kier alpha value is -6.24. The molecule has 0 saturated heterocycles. The molecule has 0 aliphatic rings. The van der Waals surface area contributed by atoms with E-state index in [1.54, 1.807) is 0 Å². The van der Waals surface area contributed by atoms with Crippen molar-refractivity contribution in [2.75, 3.05) is 0 Å². The lowest BCUT2D eigenvalue weighted by Crippen LogP contribution is -1.88. The van der Waals surface area contributed by atoms with Crippen LogP contribution < -0.4 is 0 Å². The molecular formula is C48H32. The summed E-state index contributed by atoms with van der Waals surface area (Å²) in [6.45, 7) is 0. The topological polar surface area (TPSA) is 0 Å². The maximum absolute atomic E-state index is 2.30. The molecule has 224 valence electrons. The summed E-state index contributed by atoms with van der Waals surface area (Å²) in [5.41, 5.74) is 12.4. The second-order valence-electron chi connectivity index (χ2n) is 12.5. The monoisotopic (exact) mass is 608 g/mol. The third kappa shape index (κ3) is 4.96. The molecule has 9 rings (SSSR count). The van der Waals surface area contributed by atoms with E-state index in [9.17, 15) is 0 Å². The van der Waals surface area contributed by atoms with E-state index in [0.29, 0.717) is 0 Å². The zero-order chi connectivity index (χ0) is 31.9. The Labute approximate surface area is 281 Å². The van der Waals surface area contributed by atoms with Crippen LogP contribution in [0.15, 0.2) is 194 Å². The van der Waals surface area contributed by atoms with Crippen LogP contribution in [0.3, 0.4) is 0 Å². The zero-order valence-corrected chi connectivity index (χ0v) is 26.5. The lowest BCUT2D eigenvalue weighted by Gasteiger charge is -2.15. The predicted octanol–water partition coefficient (Wildman–Crippen LogP) is 13.5. The Morgan fingerprint density at radius 1 is 0.188 bits per heavy atom. The maximum Gasteiger partial charge on any atom is -0.00990 e. The highest BCUT2D eigenvalue weighted by Crippen LogP contribution is 2.40. The van der Waals surface area contributed by atoms with Crippen LogP contribution >= 0.6 is 0 Å². The van der Waals surface area contributed by atoms with E-state index < -0.39 is 0 Å². The smallest absolute Gasteiger partial charge is 0.00990 e. The van der Waals surface area contributed by atoms with Gasteiger partial charge in [0.1, 0.15) is 0 Å². The predicted molar refractivity (Wildman–Crippen MR) is 206 cm³/mol. The van der Waals surface area contributed by atoms with Gasteiger partial charge in [-0.1, -0.05) is 182 Å². The largest absolute Gasteiger partial charge is 0.0622 e. The van der Waals surface area contributed by atoms with Crippen molar-refractivity contribution in [3.05, 3.63) is 194 Å². The summed E-state index contributed by atoms with van der Waals surface area (Å²) in [6, 6.07) is 70.7. The molecule has 0 aliphatic heterocycles. The van der Waals surface area contributed by atoms with Gasteiger partial charge in [0.2, 0.25) is 0 Å². The van der Waals surface area contributed by atoms with Crippen molar-refractivity contribution in [3.63, 3.8) is 0 Å². The van der Waals surface area contributed by atoms with Crippen LogP contribution in [0.4, 0.5) is 0 Å². The minimum atomic E-state index is 1.22. The SMILES string of the molecule is c1ccc(-c2ccc3cc(-c4ccc(-c5cccc6c(-c7cccc8c(-c9ccccc9)cccc78)cccc56)cc4)ccc3c2)cc1. The first-order valence-corrected chi connectivity index (χ1v) is 16.6. The minimum absolute atomic E-state index is 1.22. The van der Waals surface area contributed by atoms with Crippen LogP contribution in [-0.2, 0) is 0 Å². The Balaban J connectivity index is 1.08. The fraction of sp³-hybridized carbons (Fsp3) is 0. The standard InChI is InChI=1S/C48H32/c1-3-11-33(12-4-1)37-27-29-40-32-38(28-30-39(40)31-37)34-23-25-36(26-24-34)42-16-8-20-46-44(42)18-10-22-48(46)47-21-9-17-43-41(15-7-19-45(43)47)35-13-5-2-6-14-35/h1-32H. The van der Waals surface area contributed by atoms with Gasteiger partial charge in [0.25, 0.3) is 0 Å². The van der Waals surface area contributed by atoms with Gasteiger partial charge in [-0.05, 0) is 100 Å². The minimum Gasteiger partial charge on any atom is -0.0622 e. The van der Waals surface area contributed by atoms with E-state index in [0.717, 1.165) is 0 Å². The third-order valence-electron chi connectivity index (χ3n) is 9.70. The van der Waals surface area contributed by atoms with E-state index in [1.807, 2.05) is 0 Å². The van der Waals surface area contributed by atoms with Crippen molar-refractivity contribution >= 4 is 32.3 Å². The van der Waals surface area contributed by atoms with Crippen LogP contribution in [0.5, 0.6) is 0 Å². The average molecular weight is 609 g/mol. The molecule has 9 aromatic rings. The Kier molecular flexibility index (Phi) is 6.91. The van der Waals surface area contributed by atoms with Crippen molar-refractivity contribution in [1.82, 2.24) is 0 Å². The molecule has 0 bridgehead atoms. The molecule has 0 aromatic heterocycles. The Morgan fingerprint density at radius 2 is 0.521 bits per heavy atom. The van der Waals surface area contributed by atoms with Gasteiger partial charge in [-0.2, -0.15) is 0 Å². The number of fused-ring (bicyclic) bond motifs is 3. The summed E-state index contributed by atoms with van der Waals surface area (Å²) in [5, 5.41) is 7.58. The van der Waals surface area contributed by atoms with E-state index >= 15 is 0 Å². The van der Waals surface area contributed by atoms with E-state index in [-0.39, 0.29) is 0 Å². The van der Waals surface area contributed by atoms with Gasteiger partial charge >= 0.3 is 0 Å². The van der Waals surface area contributed by atoms with Gasteiger partial charge in [0.05, 0.1) is 0 Å². The maximum atomic E-state index is 2.30. The fourth-order valence-corrected chi connectivity index (χ4v) is 7.29. The van der Waals surface area contributed by atoms with Crippen molar-refractivity contribution in [3.8, 4) is 55.6 Å². The molecule has 9 aromatic carbocycles. The average Bonchev–Trinajstić information content (AvgIpc) is 3.17. The van der Waals surface area contributed by atoms with Crippen LogP contribution in [-0.4, -0.2) is 0 Å². The van der Waals surface area contributed by atoms with Crippen molar-refractivity contribution in [1.29, 1.82) is 0 Å². The summed E-state index contributed by atoms with van der Waals surface area (Å²) in [7, 11) is 0. The van der Waals surface area contributed by atoms with Gasteiger partial charge in [-0.3, -0.25) is 0 Å². The summed E-state index contributed by atoms with van der Waals surface area (Å²) < 4.78 is 0. The first-order valence-electron chi connectivity index (χ1n) is 16.6. The third-order valence-corrected chi connectivity index (χ3v) is 9.70. The van der Waals surface area contributed by atoms with Crippen LogP contribution in [0, 0.1) is 0 Å². The summed E-state index contributed by atoms with van der Waals surface area (Å²) in [6.07, 6.45) is 0. The molecule has 0 nitrogen and oxygen atoms in total. The van der Waals surface area contributed by atoms with Crippen LogP contribution in [0.1, 0.15) is 0 Å². The molecule has 0 heteroatoms. The highest BCUT2D eigenvalue weighted by Gasteiger charge is 2.13. The molecule has 0 atom stereocenters. The highest BCUT2D eigenvalue weighted by molar-refractivity contribution is 6.11. The second-order valence-corrected chi connectivity index (χ2v) is 12.5. The summed E-state index contributed by atoms with van der Waals surface area (Å²) in [5.74, 6) is 0. The molecule has 0 N–H and O–H groups in total. The van der Waals surface area contributed by atoms with E-state index in [2.05, 4.69) is 194 Å². The van der Waals surface area contributed by atoms with E-state index in [4.69, 9.17) is 0 Å². The van der Waals surface area contributed by atoms with Gasteiger partial charge < -0.3 is 0 Å². The van der Waals surface area contributed by atoms with Gasteiger partial charge in [0, 0.05) is 0 Å².